The van der Waals surface area contributed by atoms with E-state index < -0.39 is 5.54 Å². The van der Waals surface area contributed by atoms with Crippen LogP contribution in [0.3, 0.4) is 0 Å². The number of Topliss-reactive ketones (excluding diaryl/α,β-unsaturated/α-hetero) is 1. The maximum atomic E-state index is 12.2. The molecule has 1 aromatic carbocycles. The van der Waals surface area contributed by atoms with Crippen molar-refractivity contribution in [3.05, 3.63) is 41.6 Å². The minimum atomic E-state index is -0.759. The van der Waals surface area contributed by atoms with Gasteiger partial charge in [0.25, 0.3) is 0 Å². The lowest BCUT2D eigenvalue weighted by atomic mass is 9.91. The first-order valence-electron chi connectivity index (χ1n) is 8.45. The molecule has 0 unspecified atom stereocenters. The molecule has 1 amide bonds. The van der Waals surface area contributed by atoms with Crippen molar-refractivity contribution in [3.8, 4) is 11.3 Å². The number of aliphatic imine (C=N–C) groups is 1. The molecule has 2 N–H and O–H groups in total. The zero-order valence-electron chi connectivity index (χ0n) is 15.5. The number of rotatable bonds is 4. The number of carbonyl (C=O) groups excluding carboxylic acids is 2. The number of guanidine groups is 1. The van der Waals surface area contributed by atoms with E-state index in [1.165, 1.54) is 4.90 Å². The van der Waals surface area contributed by atoms with Gasteiger partial charge in [0.2, 0.25) is 5.91 Å². The van der Waals surface area contributed by atoms with E-state index in [4.69, 9.17) is 5.73 Å². The van der Waals surface area contributed by atoms with Crippen molar-refractivity contribution in [2.75, 3.05) is 7.05 Å². The Kier molecular flexibility index (Phi) is 4.39. The first kappa shape index (κ1) is 17.8. The van der Waals surface area contributed by atoms with Crippen LogP contribution in [-0.4, -0.2) is 39.4 Å². The first-order valence-corrected chi connectivity index (χ1v) is 8.45. The Labute approximate surface area is 152 Å². The summed E-state index contributed by atoms with van der Waals surface area (Å²) in [6.45, 7) is 3.46. The van der Waals surface area contributed by atoms with Crippen LogP contribution in [0.25, 0.3) is 11.3 Å². The molecule has 0 radical (unpaired) electrons. The number of ketones is 1. The molecule has 0 saturated carbocycles. The second-order valence-electron chi connectivity index (χ2n) is 6.99. The van der Waals surface area contributed by atoms with E-state index in [1.807, 2.05) is 44.3 Å². The third-order valence-corrected chi connectivity index (χ3v) is 4.68. The van der Waals surface area contributed by atoms with Gasteiger partial charge in [-0.15, -0.1) is 0 Å². The van der Waals surface area contributed by atoms with Gasteiger partial charge >= 0.3 is 0 Å². The van der Waals surface area contributed by atoms with Gasteiger partial charge in [0.15, 0.2) is 5.96 Å². The molecule has 7 heteroatoms. The normalized spacial score (nSPS) is 20.2. The van der Waals surface area contributed by atoms with Crippen molar-refractivity contribution in [3.63, 3.8) is 0 Å². The van der Waals surface area contributed by atoms with Crippen LogP contribution in [0, 0.1) is 0 Å². The minimum Gasteiger partial charge on any atom is -0.369 e. The van der Waals surface area contributed by atoms with Gasteiger partial charge in [-0.2, -0.15) is 5.10 Å². The Bertz CT molecular complexity index is 914. The second-order valence-corrected chi connectivity index (χ2v) is 6.99. The van der Waals surface area contributed by atoms with Gasteiger partial charge in [0.1, 0.15) is 11.3 Å². The third-order valence-electron chi connectivity index (χ3n) is 4.68. The number of benzene rings is 1. The smallest absolute Gasteiger partial charge is 0.231 e. The zero-order chi connectivity index (χ0) is 19.1. The lowest BCUT2D eigenvalue weighted by Gasteiger charge is -2.33. The van der Waals surface area contributed by atoms with Gasteiger partial charge in [-0.05, 0) is 31.5 Å². The Hall–Kier alpha value is -2.96. The number of nitrogens with zero attached hydrogens (tertiary/aromatic N) is 4. The molecule has 2 heterocycles. The molecule has 136 valence electrons. The summed E-state index contributed by atoms with van der Waals surface area (Å²) < 4.78 is 1.74. The summed E-state index contributed by atoms with van der Waals surface area (Å²) in [5.74, 6) is 0.243. The molecule has 0 aliphatic carbocycles. The lowest BCUT2D eigenvalue weighted by Crippen LogP contribution is -2.48. The van der Waals surface area contributed by atoms with E-state index in [9.17, 15) is 9.59 Å². The number of hydrogen-bond donors (Lipinski definition) is 1. The van der Waals surface area contributed by atoms with E-state index in [0.29, 0.717) is 6.42 Å². The summed E-state index contributed by atoms with van der Waals surface area (Å²) in [4.78, 5) is 29.5. The van der Waals surface area contributed by atoms with Crippen molar-refractivity contribution in [1.82, 2.24) is 14.7 Å². The SMILES string of the molecule is CC(=O)Cc1cccc(-c2cc([C@]3(C)CC(=O)N(C)C(N)=N3)n(C)n2)c1. The van der Waals surface area contributed by atoms with Gasteiger partial charge < -0.3 is 5.73 Å². The third kappa shape index (κ3) is 3.24. The Balaban J connectivity index is 2.00. The molecule has 0 saturated heterocycles. The van der Waals surface area contributed by atoms with Crippen molar-refractivity contribution < 1.29 is 9.59 Å². The van der Waals surface area contributed by atoms with E-state index in [1.54, 1.807) is 18.7 Å². The molecule has 3 rings (SSSR count). The van der Waals surface area contributed by atoms with E-state index >= 15 is 0 Å². The summed E-state index contributed by atoms with van der Waals surface area (Å²) in [5, 5.41) is 4.59. The predicted octanol–water partition coefficient (Wildman–Crippen LogP) is 1.61. The number of aryl methyl sites for hydroxylation is 1. The molecule has 2 aromatic rings. The Morgan fingerprint density at radius 2 is 2.04 bits per heavy atom. The van der Waals surface area contributed by atoms with Crippen molar-refractivity contribution in [2.24, 2.45) is 17.8 Å². The van der Waals surface area contributed by atoms with Crippen LogP contribution in [-0.2, 0) is 28.6 Å². The lowest BCUT2D eigenvalue weighted by molar-refractivity contribution is -0.128. The molecular formula is C19H23N5O2. The highest BCUT2D eigenvalue weighted by molar-refractivity contribution is 5.98. The van der Waals surface area contributed by atoms with Gasteiger partial charge in [-0.3, -0.25) is 19.2 Å². The van der Waals surface area contributed by atoms with Gasteiger partial charge in [-0.25, -0.2) is 4.99 Å². The summed E-state index contributed by atoms with van der Waals surface area (Å²) in [6, 6.07) is 9.70. The topological polar surface area (TPSA) is 93.6 Å². The van der Waals surface area contributed by atoms with Gasteiger partial charge in [-0.1, -0.05) is 18.2 Å². The molecule has 0 bridgehead atoms. The molecule has 7 nitrogen and oxygen atoms in total. The van der Waals surface area contributed by atoms with E-state index in [-0.39, 0.29) is 24.1 Å². The molecule has 1 aliphatic heterocycles. The fourth-order valence-electron chi connectivity index (χ4n) is 3.30. The summed E-state index contributed by atoms with van der Waals surface area (Å²) in [6.07, 6.45) is 0.625. The first-order chi connectivity index (χ1) is 12.2. The standard InChI is InChI=1S/C19H23N5O2/c1-12(25)8-13-6-5-7-14(9-13)15-10-16(24(4)22-15)19(2)11-17(26)23(3)18(20)21-19/h5-7,9-10H,8,11H2,1-4H3,(H2,20,21)/t19-/m0/s1. The van der Waals surface area contributed by atoms with Gasteiger partial charge in [0.05, 0.1) is 17.8 Å². The molecule has 1 aliphatic rings. The van der Waals surface area contributed by atoms with E-state index in [2.05, 4.69) is 10.1 Å². The van der Waals surface area contributed by atoms with Crippen LogP contribution >= 0.6 is 0 Å². The van der Waals surface area contributed by atoms with Gasteiger partial charge in [0, 0.05) is 26.1 Å². The summed E-state index contributed by atoms with van der Waals surface area (Å²) in [5.41, 5.74) is 8.61. The fourth-order valence-corrected chi connectivity index (χ4v) is 3.30. The Morgan fingerprint density at radius 3 is 2.69 bits per heavy atom. The monoisotopic (exact) mass is 353 g/mol. The quantitative estimate of drug-likeness (QED) is 0.903. The van der Waals surface area contributed by atoms with E-state index in [0.717, 1.165) is 22.5 Å². The number of hydrogen-bond acceptors (Lipinski definition) is 5. The molecule has 0 fully saturated rings. The minimum absolute atomic E-state index is 0.0776. The van der Waals surface area contributed by atoms with Crippen LogP contribution in [0.5, 0.6) is 0 Å². The highest BCUT2D eigenvalue weighted by atomic mass is 16.2. The van der Waals surface area contributed by atoms with Crippen LogP contribution in [0.1, 0.15) is 31.5 Å². The molecule has 0 spiro atoms. The molecule has 26 heavy (non-hydrogen) atoms. The average molecular weight is 353 g/mol. The van der Waals surface area contributed by atoms with Crippen LogP contribution in [0.15, 0.2) is 35.3 Å². The average Bonchev–Trinajstić information content (AvgIpc) is 2.95. The van der Waals surface area contributed by atoms with Crippen molar-refractivity contribution in [1.29, 1.82) is 0 Å². The fraction of sp³-hybridized carbons (Fsp3) is 0.368. The number of amides is 1. The van der Waals surface area contributed by atoms with Crippen molar-refractivity contribution >= 4 is 17.6 Å². The maximum absolute atomic E-state index is 12.2. The van der Waals surface area contributed by atoms with Crippen molar-refractivity contribution in [2.45, 2.75) is 32.2 Å². The molecule has 1 aromatic heterocycles. The van der Waals surface area contributed by atoms with Crippen LogP contribution in [0.2, 0.25) is 0 Å². The maximum Gasteiger partial charge on any atom is 0.231 e. The Morgan fingerprint density at radius 1 is 1.31 bits per heavy atom. The number of aromatic nitrogens is 2. The van der Waals surface area contributed by atoms with Crippen LogP contribution in [0.4, 0.5) is 0 Å². The number of nitrogens with two attached hydrogens (primary N) is 1. The second kappa shape index (κ2) is 6.40. The molecular weight excluding hydrogens is 330 g/mol. The largest absolute Gasteiger partial charge is 0.369 e. The summed E-state index contributed by atoms with van der Waals surface area (Å²) in [7, 11) is 3.45. The molecule has 1 atom stereocenters. The number of carbonyl (C=O) groups is 2. The predicted molar refractivity (Wildman–Crippen MR) is 99.4 cm³/mol. The highest BCUT2D eigenvalue weighted by Gasteiger charge is 2.38. The van der Waals surface area contributed by atoms with Crippen LogP contribution < -0.4 is 5.73 Å². The summed E-state index contributed by atoms with van der Waals surface area (Å²) >= 11 is 0. The highest BCUT2D eigenvalue weighted by Crippen LogP contribution is 2.34. The zero-order valence-corrected chi connectivity index (χ0v) is 15.5.